The van der Waals surface area contributed by atoms with Crippen molar-refractivity contribution in [3.05, 3.63) is 36.7 Å². The topological polar surface area (TPSA) is 81.6 Å². The second-order valence-electron chi connectivity index (χ2n) is 3.66. The highest BCUT2D eigenvalue weighted by molar-refractivity contribution is 5.24. The van der Waals surface area contributed by atoms with Gasteiger partial charge in [0.2, 0.25) is 5.95 Å². The van der Waals surface area contributed by atoms with Crippen LogP contribution in [0.3, 0.4) is 0 Å². The fraction of sp³-hybridized carbons (Fsp3) is 0.364. The molecule has 0 amide bonds. The van der Waals surface area contributed by atoms with Crippen molar-refractivity contribution >= 4 is 5.95 Å². The Morgan fingerprint density at radius 2 is 2.29 bits per heavy atom. The zero-order chi connectivity index (χ0) is 11.9. The quantitative estimate of drug-likeness (QED) is 0.714. The Hall–Kier alpha value is -1.95. The second kappa shape index (κ2) is 5.95. The van der Waals surface area contributed by atoms with E-state index in [2.05, 4.69) is 20.3 Å². The average molecular weight is 232 g/mol. The van der Waals surface area contributed by atoms with Crippen molar-refractivity contribution in [2.45, 2.75) is 19.5 Å². The van der Waals surface area contributed by atoms with Gasteiger partial charge in [0.15, 0.2) is 0 Å². The van der Waals surface area contributed by atoms with Crippen LogP contribution in [-0.4, -0.2) is 26.1 Å². The molecule has 0 radical (unpaired) electrons. The lowest BCUT2D eigenvalue weighted by atomic mass is 10.4. The fourth-order valence-electron chi connectivity index (χ4n) is 1.48. The standard InChI is InChI=1S/C11H16N6/c12-8-10-2-4-15-11(16-10)14-3-1-6-17-7-5-13-9-17/h2,4-5,7,9H,1,3,6,8,12H2,(H,14,15,16). The molecule has 6 nitrogen and oxygen atoms in total. The molecule has 90 valence electrons. The maximum atomic E-state index is 5.51. The first kappa shape index (κ1) is 11.5. The molecule has 0 saturated carbocycles. The van der Waals surface area contributed by atoms with Crippen molar-refractivity contribution in [1.82, 2.24) is 19.5 Å². The number of nitrogens with one attached hydrogen (secondary N) is 1. The molecule has 2 aromatic heterocycles. The summed E-state index contributed by atoms with van der Waals surface area (Å²) in [5.41, 5.74) is 6.35. The highest BCUT2D eigenvalue weighted by Crippen LogP contribution is 2.00. The molecule has 0 aliphatic heterocycles. The zero-order valence-corrected chi connectivity index (χ0v) is 9.58. The SMILES string of the molecule is NCc1ccnc(NCCCn2ccnc2)n1. The fourth-order valence-corrected chi connectivity index (χ4v) is 1.48. The maximum Gasteiger partial charge on any atom is 0.222 e. The lowest BCUT2D eigenvalue weighted by Gasteiger charge is -2.06. The summed E-state index contributed by atoms with van der Waals surface area (Å²) in [5, 5.41) is 3.17. The van der Waals surface area contributed by atoms with Gasteiger partial charge in [-0.15, -0.1) is 0 Å². The Morgan fingerprint density at radius 3 is 3.06 bits per heavy atom. The van der Waals surface area contributed by atoms with Crippen LogP contribution in [0.15, 0.2) is 31.0 Å². The van der Waals surface area contributed by atoms with Crippen LogP contribution in [0, 0.1) is 0 Å². The minimum Gasteiger partial charge on any atom is -0.354 e. The first-order valence-corrected chi connectivity index (χ1v) is 5.60. The molecule has 3 N–H and O–H groups in total. The third-order valence-corrected chi connectivity index (χ3v) is 2.36. The summed E-state index contributed by atoms with van der Waals surface area (Å²) >= 11 is 0. The normalized spacial score (nSPS) is 10.4. The van der Waals surface area contributed by atoms with Gasteiger partial charge in [0.25, 0.3) is 0 Å². The van der Waals surface area contributed by atoms with Gasteiger partial charge in [0, 0.05) is 38.2 Å². The number of imidazole rings is 1. The number of nitrogens with two attached hydrogens (primary N) is 1. The molecule has 0 aliphatic rings. The van der Waals surface area contributed by atoms with Gasteiger partial charge in [-0.1, -0.05) is 0 Å². The van der Waals surface area contributed by atoms with Crippen LogP contribution in [0.1, 0.15) is 12.1 Å². The Labute approximate surface area is 99.9 Å². The summed E-state index contributed by atoms with van der Waals surface area (Å²) in [6.45, 7) is 2.20. The van der Waals surface area contributed by atoms with E-state index in [9.17, 15) is 0 Å². The summed E-state index contributed by atoms with van der Waals surface area (Å²) in [4.78, 5) is 12.4. The van der Waals surface area contributed by atoms with E-state index in [-0.39, 0.29) is 0 Å². The molecule has 2 aromatic rings. The number of nitrogens with zero attached hydrogens (tertiary/aromatic N) is 4. The average Bonchev–Trinajstić information content (AvgIpc) is 2.88. The zero-order valence-electron chi connectivity index (χ0n) is 9.58. The van der Waals surface area contributed by atoms with Gasteiger partial charge < -0.3 is 15.6 Å². The van der Waals surface area contributed by atoms with Gasteiger partial charge in [-0.2, -0.15) is 0 Å². The lowest BCUT2D eigenvalue weighted by Crippen LogP contribution is -2.10. The lowest BCUT2D eigenvalue weighted by molar-refractivity contribution is 0.659. The number of hydrogen-bond donors (Lipinski definition) is 2. The number of aromatic nitrogens is 4. The van der Waals surface area contributed by atoms with Crippen LogP contribution >= 0.6 is 0 Å². The molecule has 6 heteroatoms. The molecule has 0 unspecified atom stereocenters. The van der Waals surface area contributed by atoms with E-state index >= 15 is 0 Å². The van der Waals surface area contributed by atoms with E-state index in [0.29, 0.717) is 12.5 Å². The molecule has 17 heavy (non-hydrogen) atoms. The molecular weight excluding hydrogens is 216 g/mol. The van der Waals surface area contributed by atoms with Crippen LogP contribution in [0.25, 0.3) is 0 Å². The molecule has 2 rings (SSSR count). The second-order valence-corrected chi connectivity index (χ2v) is 3.66. The Bertz CT molecular complexity index is 439. The Balaban J connectivity index is 1.74. The van der Waals surface area contributed by atoms with Gasteiger partial charge in [-0.3, -0.25) is 0 Å². The minimum atomic E-state index is 0.437. The van der Waals surface area contributed by atoms with Crippen LogP contribution < -0.4 is 11.1 Å². The van der Waals surface area contributed by atoms with Crippen LogP contribution in [0.5, 0.6) is 0 Å². The maximum absolute atomic E-state index is 5.51. The predicted molar refractivity (Wildman–Crippen MR) is 65.3 cm³/mol. The summed E-state index contributed by atoms with van der Waals surface area (Å²) in [7, 11) is 0. The molecule has 2 heterocycles. The van der Waals surface area contributed by atoms with E-state index in [1.54, 1.807) is 12.4 Å². The third-order valence-electron chi connectivity index (χ3n) is 2.36. The molecule has 0 aromatic carbocycles. The molecule has 0 atom stereocenters. The minimum absolute atomic E-state index is 0.437. The van der Waals surface area contributed by atoms with Crippen molar-refractivity contribution in [3.63, 3.8) is 0 Å². The largest absolute Gasteiger partial charge is 0.354 e. The van der Waals surface area contributed by atoms with Crippen molar-refractivity contribution in [2.24, 2.45) is 5.73 Å². The first-order valence-electron chi connectivity index (χ1n) is 5.60. The predicted octanol–water partition coefficient (Wildman–Crippen LogP) is 0.634. The molecule has 0 fully saturated rings. The van der Waals surface area contributed by atoms with Crippen molar-refractivity contribution in [1.29, 1.82) is 0 Å². The summed E-state index contributed by atoms with van der Waals surface area (Å²) < 4.78 is 2.04. The molecule has 0 saturated heterocycles. The van der Waals surface area contributed by atoms with Crippen LogP contribution in [0.2, 0.25) is 0 Å². The molecule has 0 bridgehead atoms. The number of aryl methyl sites for hydroxylation is 1. The van der Waals surface area contributed by atoms with Crippen molar-refractivity contribution < 1.29 is 0 Å². The summed E-state index contributed by atoms with van der Waals surface area (Å²) in [6, 6.07) is 1.82. The van der Waals surface area contributed by atoms with E-state index in [4.69, 9.17) is 5.73 Å². The molecule has 0 aliphatic carbocycles. The van der Waals surface area contributed by atoms with E-state index < -0.39 is 0 Å². The smallest absolute Gasteiger partial charge is 0.222 e. The van der Waals surface area contributed by atoms with Gasteiger partial charge in [0.1, 0.15) is 0 Å². The Kier molecular flexibility index (Phi) is 4.04. The molecule has 0 spiro atoms. The van der Waals surface area contributed by atoms with Gasteiger partial charge >= 0.3 is 0 Å². The third kappa shape index (κ3) is 3.53. The molecular formula is C11H16N6. The highest BCUT2D eigenvalue weighted by Gasteiger charge is 1.97. The van der Waals surface area contributed by atoms with Crippen molar-refractivity contribution in [3.8, 4) is 0 Å². The number of rotatable bonds is 6. The summed E-state index contributed by atoms with van der Waals surface area (Å²) in [5.74, 6) is 0.638. The first-order chi connectivity index (χ1) is 8.38. The van der Waals surface area contributed by atoms with Crippen LogP contribution in [0.4, 0.5) is 5.95 Å². The monoisotopic (exact) mass is 232 g/mol. The van der Waals surface area contributed by atoms with E-state index in [0.717, 1.165) is 25.2 Å². The van der Waals surface area contributed by atoms with Crippen LogP contribution in [-0.2, 0) is 13.1 Å². The van der Waals surface area contributed by atoms with E-state index in [1.165, 1.54) is 0 Å². The number of anilines is 1. The number of hydrogen-bond acceptors (Lipinski definition) is 5. The van der Waals surface area contributed by atoms with E-state index in [1.807, 2.05) is 23.2 Å². The highest BCUT2D eigenvalue weighted by atomic mass is 15.1. The van der Waals surface area contributed by atoms with Gasteiger partial charge in [-0.05, 0) is 12.5 Å². The Morgan fingerprint density at radius 1 is 1.35 bits per heavy atom. The van der Waals surface area contributed by atoms with Crippen molar-refractivity contribution in [2.75, 3.05) is 11.9 Å². The summed E-state index contributed by atoms with van der Waals surface area (Å²) in [6.07, 6.45) is 8.25. The van der Waals surface area contributed by atoms with Gasteiger partial charge in [-0.25, -0.2) is 15.0 Å². The van der Waals surface area contributed by atoms with Gasteiger partial charge in [0.05, 0.1) is 12.0 Å².